The van der Waals surface area contributed by atoms with E-state index in [1.807, 2.05) is 6.07 Å². The van der Waals surface area contributed by atoms with E-state index < -0.39 is 0 Å². The molecule has 6 nitrogen and oxygen atoms in total. The maximum atomic E-state index is 12.1. The average molecular weight is 261 g/mol. The van der Waals surface area contributed by atoms with Crippen molar-refractivity contribution in [2.45, 2.75) is 6.92 Å². The third kappa shape index (κ3) is 2.97. The maximum absolute atomic E-state index is 12.1. The van der Waals surface area contributed by atoms with E-state index in [2.05, 4.69) is 15.5 Å². The number of ether oxygens (including phenoxy) is 1. The third-order valence-electron chi connectivity index (χ3n) is 2.59. The Labute approximate surface area is 110 Å². The number of nitrogens with one attached hydrogen (secondary N) is 1. The second-order valence-electron chi connectivity index (χ2n) is 3.93. The Morgan fingerprint density at radius 2 is 2.32 bits per heavy atom. The summed E-state index contributed by atoms with van der Waals surface area (Å²) in [5.41, 5.74) is 1.47. The molecule has 0 atom stereocenters. The number of aryl methyl sites for hydroxylation is 1. The number of carbonyl (C=O) groups excluding carboxylic acids is 1. The molecule has 2 heterocycles. The lowest BCUT2D eigenvalue weighted by molar-refractivity contribution is 0.0936. The summed E-state index contributed by atoms with van der Waals surface area (Å²) < 4.78 is 9.98. The van der Waals surface area contributed by atoms with Crippen LogP contribution in [-0.4, -0.2) is 36.3 Å². The van der Waals surface area contributed by atoms with Crippen LogP contribution in [0.4, 0.5) is 0 Å². The highest BCUT2D eigenvalue weighted by atomic mass is 16.5. The standard InChI is InChI=1S/C13H15N3O3/c1-9-11(13(17)15-7-8-18-2)12(16-19-9)10-5-3-4-6-14-10/h3-6H,7-8H2,1-2H3,(H,15,17). The predicted molar refractivity (Wildman–Crippen MR) is 68.7 cm³/mol. The van der Waals surface area contributed by atoms with Gasteiger partial charge < -0.3 is 14.6 Å². The molecular formula is C13H15N3O3. The van der Waals surface area contributed by atoms with E-state index in [1.165, 1.54) is 0 Å². The molecule has 2 aromatic rings. The molecule has 0 aliphatic heterocycles. The van der Waals surface area contributed by atoms with Crippen molar-refractivity contribution in [1.29, 1.82) is 0 Å². The van der Waals surface area contributed by atoms with Gasteiger partial charge in [-0.2, -0.15) is 0 Å². The van der Waals surface area contributed by atoms with Gasteiger partial charge >= 0.3 is 0 Å². The highest BCUT2D eigenvalue weighted by Crippen LogP contribution is 2.22. The number of aromatic nitrogens is 2. The number of amides is 1. The van der Waals surface area contributed by atoms with Gasteiger partial charge in [-0.1, -0.05) is 11.2 Å². The van der Waals surface area contributed by atoms with Gasteiger partial charge in [-0.25, -0.2) is 0 Å². The Balaban J connectivity index is 2.25. The van der Waals surface area contributed by atoms with Crippen LogP contribution < -0.4 is 5.32 Å². The fraction of sp³-hybridized carbons (Fsp3) is 0.308. The highest BCUT2D eigenvalue weighted by molar-refractivity contribution is 6.00. The fourth-order valence-electron chi connectivity index (χ4n) is 1.67. The zero-order valence-corrected chi connectivity index (χ0v) is 10.8. The van der Waals surface area contributed by atoms with Crippen molar-refractivity contribution in [3.8, 4) is 11.4 Å². The number of pyridine rings is 1. The minimum absolute atomic E-state index is 0.239. The number of nitrogens with zero attached hydrogens (tertiary/aromatic N) is 2. The second kappa shape index (κ2) is 6.10. The summed E-state index contributed by atoms with van der Waals surface area (Å²) in [5.74, 6) is 0.229. The molecule has 0 aliphatic rings. The lowest BCUT2D eigenvalue weighted by Gasteiger charge is -2.04. The van der Waals surface area contributed by atoms with Gasteiger partial charge in [0.25, 0.3) is 5.91 Å². The predicted octanol–water partition coefficient (Wildman–Crippen LogP) is 1.42. The van der Waals surface area contributed by atoms with Gasteiger partial charge in [0.05, 0.1) is 12.3 Å². The summed E-state index contributed by atoms with van der Waals surface area (Å²) in [4.78, 5) is 16.3. The van der Waals surface area contributed by atoms with Crippen LogP contribution in [0.5, 0.6) is 0 Å². The van der Waals surface area contributed by atoms with Gasteiger partial charge in [-0.3, -0.25) is 9.78 Å². The van der Waals surface area contributed by atoms with Crippen LogP contribution in [-0.2, 0) is 4.74 Å². The van der Waals surface area contributed by atoms with Crippen LogP contribution in [0, 0.1) is 6.92 Å². The lowest BCUT2D eigenvalue weighted by Crippen LogP contribution is -2.27. The molecule has 0 saturated heterocycles. The molecule has 1 N–H and O–H groups in total. The van der Waals surface area contributed by atoms with Gasteiger partial charge in [-0.15, -0.1) is 0 Å². The average Bonchev–Trinajstić information content (AvgIpc) is 2.82. The van der Waals surface area contributed by atoms with E-state index in [0.29, 0.717) is 35.9 Å². The molecule has 2 rings (SSSR count). The maximum Gasteiger partial charge on any atom is 0.257 e. The lowest BCUT2D eigenvalue weighted by atomic mass is 10.1. The largest absolute Gasteiger partial charge is 0.383 e. The first kappa shape index (κ1) is 13.2. The van der Waals surface area contributed by atoms with E-state index >= 15 is 0 Å². The monoisotopic (exact) mass is 261 g/mol. The van der Waals surface area contributed by atoms with Crippen LogP contribution >= 0.6 is 0 Å². The van der Waals surface area contributed by atoms with Crippen molar-refractivity contribution in [3.63, 3.8) is 0 Å². The first-order valence-corrected chi connectivity index (χ1v) is 5.89. The van der Waals surface area contributed by atoms with Gasteiger partial charge in [0, 0.05) is 19.9 Å². The molecule has 1 amide bonds. The first-order valence-electron chi connectivity index (χ1n) is 5.89. The minimum Gasteiger partial charge on any atom is -0.383 e. The van der Waals surface area contributed by atoms with E-state index in [0.717, 1.165) is 0 Å². The van der Waals surface area contributed by atoms with Crippen molar-refractivity contribution in [3.05, 3.63) is 35.7 Å². The Hall–Kier alpha value is -2.21. The normalized spacial score (nSPS) is 10.4. The molecule has 19 heavy (non-hydrogen) atoms. The molecule has 0 saturated carbocycles. The molecule has 0 unspecified atom stereocenters. The summed E-state index contributed by atoms with van der Waals surface area (Å²) in [7, 11) is 1.58. The van der Waals surface area contributed by atoms with Crippen LogP contribution in [0.3, 0.4) is 0 Å². The third-order valence-corrected chi connectivity index (χ3v) is 2.59. The zero-order valence-electron chi connectivity index (χ0n) is 10.8. The molecule has 0 aromatic carbocycles. The Morgan fingerprint density at radius 1 is 1.47 bits per heavy atom. The summed E-state index contributed by atoms with van der Waals surface area (Å²) in [6, 6.07) is 5.41. The number of methoxy groups -OCH3 is 1. The van der Waals surface area contributed by atoms with Crippen molar-refractivity contribution in [2.24, 2.45) is 0 Å². The Bertz CT molecular complexity index is 552. The Morgan fingerprint density at radius 3 is 3.00 bits per heavy atom. The first-order chi connectivity index (χ1) is 9.24. The van der Waals surface area contributed by atoms with E-state index in [-0.39, 0.29) is 5.91 Å². The SMILES string of the molecule is COCCNC(=O)c1c(-c2ccccn2)noc1C. The molecule has 0 spiro atoms. The topological polar surface area (TPSA) is 77.2 Å². The molecule has 6 heteroatoms. The van der Waals surface area contributed by atoms with Crippen molar-refractivity contribution >= 4 is 5.91 Å². The molecule has 2 aromatic heterocycles. The smallest absolute Gasteiger partial charge is 0.257 e. The van der Waals surface area contributed by atoms with Crippen molar-refractivity contribution in [1.82, 2.24) is 15.5 Å². The van der Waals surface area contributed by atoms with Gasteiger partial charge in [0.15, 0.2) is 0 Å². The van der Waals surface area contributed by atoms with Crippen molar-refractivity contribution in [2.75, 3.05) is 20.3 Å². The van der Waals surface area contributed by atoms with Gasteiger partial charge in [-0.05, 0) is 19.1 Å². The molecule has 0 fully saturated rings. The number of hydrogen-bond acceptors (Lipinski definition) is 5. The van der Waals surface area contributed by atoms with Crippen LogP contribution in [0.2, 0.25) is 0 Å². The zero-order chi connectivity index (χ0) is 13.7. The molecule has 100 valence electrons. The molecule has 0 aliphatic carbocycles. The molecule has 0 bridgehead atoms. The van der Waals surface area contributed by atoms with Gasteiger partial charge in [0.1, 0.15) is 17.0 Å². The van der Waals surface area contributed by atoms with Crippen molar-refractivity contribution < 1.29 is 14.1 Å². The van der Waals surface area contributed by atoms with E-state index in [1.54, 1.807) is 32.4 Å². The summed E-state index contributed by atoms with van der Waals surface area (Å²) >= 11 is 0. The van der Waals surface area contributed by atoms with Crippen LogP contribution in [0.1, 0.15) is 16.1 Å². The summed E-state index contributed by atoms with van der Waals surface area (Å²) in [6.07, 6.45) is 1.64. The number of hydrogen-bond donors (Lipinski definition) is 1. The second-order valence-corrected chi connectivity index (χ2v) is 3.93. The van der Waals surface area contributed by atoms with E-state index in [4.69, 9.17) is 9.26 Å². The molecule has 0 radical (unpaired) electrons. The van der Waals surface area contributed by atoms with E-state index in [9.17, 15) is 4.79 Å². The van der Waals surface area contributed by atoms with Gasteiger partial charge in [0.2, 0.25) is 0 Å². The quantitative estimate of drug-likeness (QED) is 0.824. The fourth-order valence-corrected chi connectivity index (χ4v) is 1.67. The summed E-state index contributed by atoms with van der Waals surface area (Å²) in [5, 5.41) is 6.65. The minimum atomic E-state index is -0.239. The highest BCUT2D eigenvalue weighted by Gasteiger charge is 2.21. The van der Waals surface area contributed by atoms with Crippen LogP contribution in [0.25, 0.3) is 11.4 Å². The number of rotatable bonds is 5. The Kier molecular flexibility index (Phi) is 4.25. The van der Waals surface area contributed by atoms with Crippen LogP contribution in [0.15, 0.2) is 28.9 Å². The molecular weight excluding hydrogens is 246 g/mol. The number of carbonyl (C=O) groups is 1. The summed E-state index contributed by atoms with van der Waals surface area (Å²) in [6.45, 7) is 2.58.